The number of rotatable bonds is 6. The number of amides is 1. The molecule has 2 aromatic carbocycles. The fourth-order valence-electron chi connectivity index (χ4n) is 2.91. The molecule has 1 aliphatic rings. The largest absolute Gasteiger partial charge is 0.378 e. The van der Waals surface area contributed by atoms with E-state index in [-0.39, 0.29) is 16.3 Å². The van der Waals surface area contributed by atoms with Crippen LogP contribution in [0.15, 0.2) is 42.5 Å². The van der Waals surface area contributed by atoms with Crippen molar-refractivity contribution in [3.05, 3.63) is 68.7 Å². The summed E-state index contributed by atoms with van der Waals surface area (Å²) in [5.74, 6) is -0.423. The normalized spacial score (nSPS) is 14.0. The van der Waals surface area contributed by atoms with Gasteiger partial charge >= 0.3 is 0 Å². The monoisotopic (exact) mass is 389 g/mol. The molecule has 3 rings (SSSR count). The fraction of sp³-hybridized carbons (Fsp3) is 0.316. The molecule has 8 heteroatoms. The summed E-state index contributed by atoms with van der Waals surface area (Å²) in [5.41, 5.74) is 2.20. The zero-order chi connectivity index (χ0) is 19.2. The van der Waals surface area contributed by atoms with E-state index in [4.69, 9.17) is 16.3 Å². The third-order valence-corrected chi connectivity index (χ3v) is 4.75. The Morgan fingerprint density at radius 1 is 1.19 bits per heavy atom. The number of hydrogen-bond donors (Lipinski definition) is 1. The van der Waals surface area contributed by atoms with Crippen LogP contribution in [0.1, 0.15) is 15.9 Å². The second kappa shape index (κ2) is 8.83. The molecule has 142 valence electrons. The SMILES string of the molecule is O=C(NCCc1ccc(N2CCOCC2)cc1)c1cc([N+](=O)[O-])ccc1Cl. The molecule has 2 aromatic rings. The number of benzene rings is 2. The first-order valence-electron chi connectivity index (χ1n) is 8.68. The molecule has 0 saturated carbocycles. The van der Waals surface area contributed by atoms with Crippen LogP contribution in [-0.4, -0.2) is 43.7 Å². The lowest BCUT2D eigenvalue weighted by atomic mass is 10.1. The Morgan fingerprint density at radius 2 is 1.89 bits per heavy atom. The van der Waals surface area contributed by atoms with Crippen molar-refractivity contribution in [3.63, 3.8) is 0 Å². The summed E-state index contributed by atoms with van der Waals surface area (Å²) in [6.07, 6.45) is 0.654. The number of anilines is 1. The predicted molar refractivity (Wildman–Crippen MR) is 104 cm³/mol. The van der Waals surface area contributed by atoms with Crippen LogP contribution in [-0.2, 0) is 11.2 Å². The lowest BCUT2D eigenvalue weighted by Crippen LogP contribution is -2.36. The number of ether oxygens (including phenoxy) is 1. The van der Waals surface area contributed by atoms with Gasteiger partial charge in [-0.25, -0.2) is 0 Å². The Balaban J connectivity index is 1.54. The van der Waals surface area contributed by atoms with E-state index < -0.39 is 10.8 Å². The van der Waals surface area contributed by atoms with E-state index in [1.165, 1.54) is 18.2 Å². The maximum atomic E-state index is 12.3. The zero-order valence-corrected chi connectivity index (χ0v) is 15.4. The Hall–Kier alpha value is -2.64. The number of nitro groups is 1. The van der Waals surface area contributed by atoms with E-state index in [0.29, 0.717) is 13.0 Å². The predicted octanol–water partition coefficient (Wildman–Crippen LogP) is 3.06. The number of nitro benzene ring substituents is 1. The number of carbonyl (C=O) groups is 1. The molecule has 0 spiro atoms. The van der Waals surface area contributed by atoms with E-state index in [1.807, 2.05) is 12.1 Å². The van der Waals surface area contributed by atoms with Gasteiger partial charge in [0.2, 0.25) is 0 Å². The van der Waals surface area contributed by atoms with Gasteiger partial charge in [0.1, 0.15) is 0 Å². The Kier molecular flexibility index (Phi) is 6.26. The van der Waals surface area contributed by atoms with Crippen molar-refractivity contribution in [2.24, 2.45) is 0 Å². The van der Waals surface area contributed by atoms with Gasteiger partial charge in [-0.1, -0.05) is 23.7 Å². The minimum atomic E-state index is -0.552. The average Bonchev–Trinajstić information content (AvgIpc) is 2.69. The van der Waals surface area contributed by atoms with Crippen LogP contribution in [0, 0.1) is 10.1 Å². The summed E-state index contributed by atoms with van der Waals surface area (Å²) in [6.45, 7) is 3.68. The molecule has 7 nitrogen and oxygen atoms in total. The number of non-ortho nitro benzene ring substituents is 1. The molecule has 1 fully saturated rings. The molecule has 0 unspecified atom stereocenters. The minimum Gasteiger partial charge on any atom is -0.378 e. The van der Waals surface area contributed by atoms with E-state index in [0.717, 1.165) is 37.6 Å². The van der Waals surface area contributed by atoms with Crippen molar-refractivity contribution in [1.29, 1.82) is 0 Å². The van der Waals surface area contributed by atoms with Gasteiger partial charge in [-0.15, -0.1) is 0 Å². The van der Waals surface area contributed by atoms with Gasteiger partial charge in [0.15, 0.2) is 0 Å². The summed E-state index contributed by atoms with van der Waals surface area (Å²) in [5, 5.41) is 13.8. The van der Waals surface area contributed by atoms with Crippen molar-refractivity contribution >= 4 is 28.9 Å². The summed E-state index contributed by atoms with van der Waals surface area (Å²) >= 11 is 5.99. The summed E-state index contributed by atoms with van der Waals surface area (Å²) in [4.78, 5) is 24.8. The topological polar surface area (TPSA) is 84.7 Å². The van der Waals surface area contributed by atoms with Gasteiger partial charge < -0.3 is 15.0 Å². The molecular weight excluding hydrogens is 370 g/mol. The number of hydrogen-bond acceptors (Lipinski definition) is 5. The quantitative estimate of drug-likeness (QED) is 0.606. The molecule has 0 aromatic heterocycles. The lowest BCUT2D eigenvalue weighted by molar-refractivity contribution is -0.384. The van der Waals surface area contributed by atoms with Crippen molar-refractivity contribution in [2.75, 3.05) is 37.7 Å². The first-order chi connectivity index (χ1) is 13.0. The van der Waals surface area contributed by atoms with Gasteiger partial charge in [0, 0.05) is 37.5 Å². The highest BCUT2D eigenvalue weighted by atomic mass is 35.5. The first-order valence-corrected chi connectivity index (χ1v) is 9.06. The van der Waals surface area contributed by atoms with Crippen molar-refractivity contribution in [3.8, 4) is 0 Å². The number of morpholine rings is 1. The second-order valence-corrected chi connectivity index (χ2v) is 6.60. The van der Waals surface area contributed by atoms with E-state index in [9.17, 15) is 14.9 Å². The number of nitrogens with zero attached hydrogens (tertiary/aromatic N) is 2. The van der Waals surface area contributed by atoms with Crippen LogP contribution in [0.4, 0.5) is 11.4 Å². The molecular formula is C19H20ClN3O4. The first kappa shape index (κ1) is 19.1. The maximum absolute atomic E-state index is 12.3. The molecule has 1 N–H and O–H groups in total. The molecule has 0 radical (unpaired) electrons. The molecule has 0 atom stereocenters. The highest BCUT2D eigenvalue weighted by Crippen LogP contribution is 2.22. The van der Waals surface area contributed by atoms with Gasteiger partial charge in [-0.3, -0.25) is 14.9 Å². The minimum absolute atomic E-state index is 0.105. The third-order valence-electron chi connectivity index (χ3n) is 4.42. The Bertz CT molecular complexity index is 820. The third kappa shape index (κ3) is 4.96. The number of halogens is 1. The number of carbonyl (C=O) groups excluding carboxylic acids is 1. The van der Waals surface area contributed by atoms with Gasteiger partial charge in [0.25, 0.3) is 11.6 Å². The fourth-order valence-corrected chi connectivity index (χ4v) is 3.11. The van der Waals surface area contributed by atoms with Crippen molar-refractivity contribution in [1.82, 2.24) is 5.32 Å². The van der Waals surface area contributed by atoms with Crippen LogP contribution in [0.25, 0.3) is 0 Å². The van der Waals surface area contributed by atoms with Crippen LogP contribution >= 0.6 is 11.6 Å². The van der Waals surface area contributed by atoms with E-state index >= 15 is 0 Å². The van der Waals surface area contributed by atoms with Crippen LogP contribution in [0.5, 0.6) is 0 Å². The van der Waals surface area contributed by atoms with Crippen molar-refractivity contribution in [2.45, 2.75) is 6.42 Å². The summed E-state index contributed by atoms with van der Waals surface area (Å²) in [6, 6.07) is 12.0. The smallest absolute Gasteiger partial charge is 0.270 e. The highest BCUT2D eigenvalue weighted by Gasteiger charge is 2.15. The van der Waals surface area contributed by atoms with E-state index in [2.05, 4.69) is 22.3 Å². The highest BCUT2D eigenvalue weighted by molar-refractivity contribution is 6.33. The molecule has 27 heavy (non-hydrogen) atoms. The molecule has 1 amide bonds. The molecule has 0 aliphatic carbocycles. The van der Waals surface area contributed by atoms with Gasteiger partial charge in [0.05, 0.1) is 28.7 Å². The van der Waals surface area contributed by atoms with Crippen LogP contribution in [0.3, 0.4) is 0 Å². The standard InChI is InChI=1S/C19H20ClN3O4/c20-18-6-5-16(23(25)26)13-17(18)19(24)21-8-7-14-1-3-15(4-2-14)22-9-11-27-12-10-22/h1-6,13H,7-12H2,(H,21,24). The molecule has 1 heterocycles. The van der Waals surface area contributed by atoms with E-state index in [1.54, 1.807) is 0 Å². The second-order valence-electron chi connectivity index (χ2n) is 6.19. The summed E-state index contributed by atoms with van der Waals surface area (Å²) < 4.78 is 5.36. The summed E-state index contributed by atoms with van der Waals surface area (Å²) in [7, 11) is 0. The zero-order valence-electron chi connectivity index (χ0n) is 14.7. The van der Waals surface area contributed by atoms with Crippen LogP contribution < -0.4 is 10.2 Å². The van der Waals surface area contributed by atoms with Crippen molar-refractivity contribution < 1.29 is 14.5 Å². The average molecular weight is 390 g/mol. The van der Waals surface area contributed by atoms with Gasteiger partial charge in [-0.2, -0.15) is 0 Å². The Morgan fingerprint density at radius 3 is 2.56 bits per heavy atom. The number of nitrogens with one attached hydrogen (secondary N) is 1. The van der Waals surface area contributed by atoms with Crippen LogP contribution in [0.2, 0.25) is 5.02 Å². The lowest BCUT2D eigenvalue weighted by Gasteiger charge is -2.28. The van der Waals surface area contributed by atoms with Gasteiger partial charge in [-0.05, 0) is 30.2 Å². The Labute approximate surface area is 162 Å². The molecule has 1 aliphatic heterocycles. The maximum Gasteiger partial charge on any atom is 0.270 e. The molecule has 1 saturated heterocycles. The molecule has 0 bridgehead atoms.